The molecule has 1 saturated heterocycles. The van der Waals surface area contributed by atoms with Gasteiger partial charge < -0.3 is 10.0 Å². The van der Waals surface area contributed by atoms with Gasteiger partial charge in [-0.3, -0.25) is 4.79 Å². The predicted molar refractivity (Wildman–Crippen MR) is 139 cm³/mol. The Bertz CT molecular complexity index is 1130. The Morgan fingerprint density at radius 3 is 2.55 bits per heavy atom. The minimum atomic E-state index is -1.62. The van der Waals surface area contributed by atoms with Gasteiger partial charge in [-0.15, -0.1) is 0 Å². The van der Waals surface area contributed by atoms with Gasteiger partial charge in [-0.2, -0.15) is 5.26 Å². The number of alkyl halides is 3. The number of aliphatic imine (C=N–C) groups is 1. The van der Waals surface area contributed by atoms with Crippen molar-refractivity contribution in [3.8, 4) is 6.07 Å². The lowest BCUT2D eigenvalue weighted by atomic mass is 9.86. The number of aryl methyl sites for hydroxylation is 2. The van der Waals surface area contributed by atoms with Crippen LogP contribution in [0.15, 0.2) is 35.3 Å². The molecule has 0 aliphatic carbocycles. The van der Waals surface area contributed by atoms with E-state index >= 15 is 0 Å². The number of carbonyl (C=O) groups is 1. The number of nitriles is 1. The summed E-state index contributed by atoms with van der Waals surface area (Å²) in [4.78, 5) is 20.0. The van der Waals surface area contributed by atoms with Gasteiger partial charge in [0.15, 0.2) is 5.60 Å². The smallest absolute Gasteiger partial charge is 0.204 e. The van der Waals surface area contributed by atoms with Crippen molar-refractivity contribution in [1.82, 2.24) is 0 Å². The van der Waals surface area contributed by atoms with Crippen LogP contribution >= 0.6 is 67.8 Å². The van der Waals surface area contributed by atoms with Gasteiger partial charge in [0.25, 0.3) is 0 Å². The van der Waals surface area contributed by atoms with Gasteiger partial charge in [0.1, 0.15) is 5.27 Å². The van der Waals surface area contributed by atoms with Crippen LogP contribution in [0.1, 0.15) is 39.0 Å². The second-order valence-electron chi connectivity index (χ2n) is 7.32. The van der Waals surface area contributed by atoms with Crippen molar-refractivity contribution in [1.29, 1.82) is 5.26 Å². The minimum Gasteiger partial charge on any atom is -0.374 e. The molecule has 148 valence electrons. The molecule has 1 fully saturated rings. The molecule has 2 aromatic carbocycles. The Morgan fingerprint density at radius 1 is 1.21 bits per heavy atom. The molecule has 2 aliphatic rings. The maximum atomic E-state index is 13.3. The number of rotatable bonds is 2. The van der Waals surface area contributed by atoms with Gasteiger partial charge in [-0.05, 0) is 129 Å². The molecule has 2 aliphatic heterocycles. The van der Waals surface area contributed by atoms with Crippen LogP contribution in [-0.2, 0) is -0.565 Å². The fourth-order valence-electron chi connectivity index (χ4n) is 3.88. The third-order valence-corrected chi connectivity index (χ3v) is 7.20. The highest BCUT2D eigenvalue weighted by molar-refractivity contribution is 14.3. The summed E-state index contributed by atoms with van der Waals surface area (Å²) in [5.41, 5.74) is 3.85. The molecule has 29 heavy (non-hydrogen) atoms. The number of amidine groups is 1. The molecule has 1 atom stereocenters. The summed E-state index contributed by atoms with van der Waals surface area (Å²) in [6.07, 6.45) is 0.288. The first-order valence-corrected chi connectivity index (χ1v) is 12.2. The molecule has 4 rings (SSSR count). The van der Waals surface area contributed by atoms with Crippen molar-refractivity contribution in [3.63, 3.8) is 0 Å². The lowest BCUT2D eigenvalue weighted by Crippen LogP contribution is -2.48. The van der Waals surface area contributed by atoms with E-state index in [1.165, 1.54) is 0 Å². The van der Waals surface area contributed by atoms with Crippen LogP contribution in [0.3, 0.4) is 0 Å². The van der Waals surface area contributed by atoms with Gasteiger partial charge in [-0.1, -0.05) is 0 Å². The van der Waals surface area contributed by atoms with Crippen LogP contribution in [-0.4, -0.2) is 28.9 Å². The van der Waals surface area contributed by atoms with Crippen LogP contribution in [0.25, 0.3) is 0 Å². The number of nitrogens with zero attached hydrogens (tertiary/aromatic N) is 3. The zero-order valence-corrected chi connectivity index (χ0v) is 22.1. The van der Waals surface area contributed by atoms with E-state index in [0.29, 0.717) is 29.2 Å². The van der Waals surface area contributed by atoms with Crippen LogP contribution < -0.4 is 4.90 Å². The molecular weight excluding hydrogens is 707 g/mol. The number of hydrogen-bond donors (Lipinski definition) is 1. The van der Waals surface area contributed by atoms with E-state index in [0.717, 1.165) is 22.4 Å². The van der Waals surface area contributed by atoms with Crippen molar-refractivity contribution in [2.75, 3.05) is 11.4 Å². The van der Waals surface area contributed by atoms with Gasteiger partial charge in [0.2, 0.25) is 5.78 Å². The largest absolute Gasteiger partial charge is 0.374 e. The molecule has 2 aromatic rings. The van der Waals surface area contributed by atoms with E-state index in [9.17, 15) is 15.2 Å². The Balaban J connectivity index is 1.85. The Kier molecular flexibility index (Phi) is 5.49. The summed E-state index contributed by atoms with van der Waals surface area (Å²) in [5.74, 6) is 0.0796. The summed E-state index contributed by atoms with van der Waals surface area (Å²) in [6, 6.07) is 11.5. The van der Waals surface area contributed by atoms with E-state index in [1.54, 1.807) is 6.07 Å². The maximum Gasteiger partial charge on any atom is 0.204 e. The predicted octanol–water partition coefficient (Wildman–Crippen LogP) is 5.46. The molecule has 0 radical (unpaired) electrons. The van der Waals surface area contributed by atoms with E-state index in [4.69, 9.17) is 4.99 Å². The SMILES string of the molecule is Cc1cc(N2CC[C@@]3(O)C(=O)c4cc(C(I)(I)I)c(C)cc4N=C23)ccc1C#N. The summed E-state index contributed by atoms with van der Waals surface area (Å²) >= 11 is 7.01. The van der Waals surface area contributed by atoms with Gasteiger partial charge in [-0.25, -0.2) is 4.99 Å². The number of benzene rings is 2. The molecule has 1 N–H and O–H groups in total. The highest BCUT2D eigenvalue weighted by atomic mass is 127. The second-order valence-corrected chi connectivity index (χ2v) is 18.4. The molecule has 0 amide bonds. The fourth-order valence-corrected chi connectivity index (χ4v) is 5.63. The van der Waals surface area contributed by atoms with E-state index < -0.39 is 5.60 Å². The van der Waals surface area contributed by atoms with Crippen LogP contribution in [0, 0.1) is 25.2 Å². The summed E-state index contributed by atoms with van der Waals surface area (Å²) in [5, 5.41) is 20.5. The number of halogens is 3. The molecule has 8 heteroatoms. The Labute approximate surface area is 210 Å². The summed E-state index contributed by atoms with van der Waals surface area (Å²) in [7, 11) is 0. The Morgan fingerprint density at radius 2 is 1.93 bits per heavy atom. The van der Waals surface area contributed by atoms with Crippen molar-refractivity contribution < 1.29 is 9.90 Å². The summed E-state index contributed by atoms with van der Waals surface area (Å²) < 4.78 is -0.193. The van der Waals surface area contributed by atoms with Crippen molar-refractivity contribution >= 4 is 90.8 Å². The quantitative estimate of drug-likeness (QED) is 0.330. The highest BCUT2D eigenvalue weighted by Crippen LogP contribution is 2.49. The van der Waals surface area contributed by atoms with E-state index in [-0.39, 0.29) is 11.6 Å². The molecule has 0 saturated carbocycles. The second kappa shape index (κ2) is 7.42. The molecule has 0 bridgehead atoms. The molecule has 0 aromatic heterocycles. The minimum absolute atomic E-state index is 0.193. The first kappa shape index (κ1) is 21.5. The normalized spacial score (nSPS) is 20.8. The average molecular weight is 723 g/mol. The maximum absolute atomic E-state index is 13.3. The average Bonchev–Trinajstić information content (AvgIpc) is 2.98. The molecule has 2 heterocycles. The topological polar surface area (TPSA) is 76.7 Å². The summed E-state index contributed by atoms with van der Waals surface area (Å²) in [6.45, 7) is 4.38. The third-order valence-electron chi connectivity index (χ3n) is 5.46. The molecular formula is C21H16I3N3O2. The zero-order valence-electron chi connectivity index (χ0n) is 15.6. The molecule has 0 spiro atoms. The van der Waals surface area contributed by atoms with Gasteiger partial charge in [0, 0.05) is 24.2 Å². The van der Waals surface area contributed by atoms with E-state index in [2.05, 4.69) is 73.8 Å². The number of anilines is 1. The molecule has 5 nitrogen and oxygen atoms in total. The number of hydrogen-bond acceptors (Lipinski definition) is 5. The number of Topliss-reactive ketones (excluding diaryl/α,β-unsaturated/α-hetero) is 1. The van der Waals surface area contributed by atoms with Crippen LogP contribution in [0.4, 0.5) is 11.4 Å². The number of fused-ring (bicyclic) bond motifs is 2. The Hall–Kier alpha value is -0.780. The fraction of sp³-hybridized carbons (Fsp3) is 0.286. The van der Waals surface area contributed by atoms with Gasteiger partial charge in [0.05, 0.1) is 17.3 Å². The zero-order chi connectivity index (χ0) is 21.1. The number of ketones is 1. The van der Waals surface area contributed by atoms with Crippen molar-refractivity contribution in [2.24, 2.45) is 4.99 Å². The lowest BCUT2D eigenvalue weighted by Gasteiger charge is -2.31. The monoisotopic (exact) mass is 723 g/mol. The van der Waals surface area contributed by atoms with E-state index in [1.807, 2.05) is 43.0 Å². The number of carbonyl (C=O) groups excluding carboxylic acids is 1. The first-order valence-electron chi connectivity index (χ1n) is 8.93. The first-order chi connectivity index (χ1) is 13.6. The standard InChI is InChI=1S/C21H16I3N3O2/c1-11-7-14(4-3-13(11)10-25)27-6-5-20(29)18(28)15-9-16(21(22,23)24)12(2)8-17(15)26-19(20)27/h3-4,7-9,29H,5-6H2,1-2H3/t20-/m1/s1. The molecule has 0 unspecified atom stereocenters. The van der Waals surface area contributed by atoms with Crippen molar-refractivity contribution in [2.45, 2.75) is 25.3 Å². The third kappa shape index (κ3) is 3.51. The number of aliphatic hydroxyl groups is 1. The highest BCUT2D eigenvalue weighted by Gasteiger charge is 2.52. The van der Waals surface area contributed by atoms with Crippen molar-refractivity contribution in [3.05, 3.63) is 58.1 Å². The van der Waals surface area contributed by atoms with Crippen LogP contribution in [0.5, 0.6) is 0 Å². The van der Waals surface area contributed by atoms with Gasteiger partial charge >= 0.3 is 0 Å². The van der Waals surface area contributed by atoms with Crippen LogP contribution in [0.2, 0.25) is 0 Å². The lowest BCUT2D eigenvalue weighted by molar-refractivity contribution is 0.0602.